The molecule has 0 amide bonds. The number of para-hydroxylation sites is 5. The highest BCUT2D eigenvalue weighted by Gasteiger charge is 2.23. The second-order valence-electron chi connectivity index (χ2n) is 16.0. The number of furan rings is 1. The Balaban J connectivity index is 1.11. The van der Waals surface area contributed by atoms with Gasteiger partial charge < -0.3 is 13.9 Å². The first-order valence-corrected chi connectivity index (χ1v) is 21.5. The third-order valence-corrected chi connectivity index (χ3v) is 12.4. The third-order valence-electron chi connectivity index (χ3n) is 12.4. The van der Waals surface area contributed by atoms with Crippen LogP contribution in [0.15, 0.2) is 247 Å². The van der Waals surface area contributed by atoms with Crippen LogP contribution < -0.4 is 4.90 Å². The summed E-state index contributed by atoms with van der Waals surface area (Å²) in [5.74, 6) is 0. The van der Waals surface area contributed by atoms with Crippen LogP contribution in [0.25, 0.3) is 93.9 Å². The zero-order valence-corrected chi connectivity index (χ0v) is 34.4. The van der Waals surface area contributed by atoms with E-state index in [1.54, 1.807) is 0 Å². The highest BCUT2D eigenvalue weighted by atomic mass is 16.3. The van der Waals surface area contributed by atoms with Gasteiger partial charge in [0.1, 0.15) is 11.2 Å². The van der Waals surface area contributed by atoms with E-state index in [0.717, 1.165) is 72.5 Å². The molecule has 0 aliphatic heterocycles. The molecule has 0 atom stereocenters. The molecule has 0 aliphatic rings. The largest absolute Gasteiger partial charge is 0.455 e. The lowest BCUT2D eigenvalue weighted by Gasteiger charge is -2.29. The van der Waals surface area contributed by atoms with Gasteiger partial charge in [-0.05, 0) is 88.0 Å². The molecule has 0 spiro atoms. The van der Waals surface area contributed by atoms with Gasteiger partial charge in [-0.3, -0.25) is 0 Å². The van der Waals surface area contributed by atoms with Gasteiger partial charge in [0.05, 0.1) is 16.7 Å². The molecule has 0 aliphatic carbocycles. The maximum absolute atomic E-state index is 6.60. The number of rotatable bonds is 8. The molecular formula is C60H40N2O. The van der Waals surface area contributed by atoms with Crippen LogP contribution >= 0.6 is 0 Å². The molecule has 12 rings (SSSR count). The zero-order chi connectivity index (χ0) is 41.7. The van der Waals surface area contributed by atoms with Crippen molar-refractivity contribution in [2.75, 3.05) is 4.90 Å². The van der Waals surface area contributed by atoms with Gasteiger partial charge >= 0.3 is 0 Å². The summed E-state index contributed by atoms with van der Waals surface area (Å²) in [7, 11) is 0. The lowest BCUT2D eigenvalue weighted by atomic mass is 9.88. The smallest absolute Gasteiger partial charge is 0.143 e. The Bertz CT molecular complexity index is 3640. The van der Waals surface area contributed by atoms with E-state index in [0.29, 0.717) is 0 Å². The molecule has 0 radical (unpaired) electrons. The maximum Gasteiger partial charge on any atom is 0.143 e. The van der Waals surface area contributed by atoms with Crippen LogP contribution in [0.1, 0.15) is 0 Å². The molecule has 0 saturated heterocycles. The Labute approximate surface area is 366 Å². The first-order valence-electron chi connectivity index (χ1n) is 21.5. The Morgan fingerprint density at radius 1 is 0.317 bits per heavy atom. The predicted octanol–water partition coefficient (Wildman–Crippen LogP) is 16.8. The van der Waals surface area contributed by atoms with Crippen molar-refractivity contribution in [2.45, 2.75) is 0 Å². The summed E-state index contributed by atoms with van der Waals surface area (Å²) in [6.45, 7) is 0. The predicted molar refractivity (Wildman–Crippen MR) is 264 cm³/mol. The number of hydrogen-bond acceptors (Lipinski definition) is 2. The van der Waals surface area contributed by atoms with Crippen LogP contribution in [0.4, 0.5) is 17.1 Å². The maximum atomic E-state index is 6.60. The minimum atomic E-state index is 0.890. The Morgan fingerprint density at radius 2 is 0.857 bits per heavy atom. The van der Waals surface area contributed by atoms with Crippen molar-refractivity contribution in [1.29, 1.82) is 0 Å². The van der Waals surface area contributed by atoms with Crippen molar-refractivity contribution < 1.29 is 4.42 Å². The molecule has 3 heteroatoms. The molecule has 0 unspecified atom stereocenters. The van der Waals surface area contributed by atoms with Crippen LogP contribution in [-0.4, -0.2) is 4.57 Å². The average Bonchev–Trinajstić information content (AvgIpc) is 3.91. The molecule has 0 bridgehead atoms. The molecular weight excluding hydrogens is 765 g/mol. The number of fused-ring (bicyclic) bond motifs is 6. The molecule has 0 saturated carbocycles. The SMILES string of the molecule is c1ccc(-c2ccccc2-c2ccccc2-c2ccccc2N(c2cccc(-c3cccc4c3oc3ccccc34)c2)c2ccc3c4ccccc4n(-c4ccccc4)c3c2)cc1. The van der Waals surface area contributed by atoms with E-state index in [1.165, 1.54) is 38.5 Å². The number of benzene rings is 10. The molecule has 2 aromatic heterocycles. The number of hydrogen-bond donors (Lipinski definition) is 0. The van der Waals surface area contributed by atoms with Crippen LogP contribution in [0, 0.1) is 0 Å². The number of nitrogens with zero attached hydrogens (tertiary/aromatic N) is 2. The van der Waals surface area contributed by atoms with Crippen molar-refractivity contribution in [3.8, 4) is 50.2 Å². The van der Waals surface area contributed by atoms with E-state index in [9.17, 15) is 0 Å². The minimum Gasteiger partial charge on any atom is -0.455 e. The Morgan fingerprint density at radius 3 is 1.67 bits per heavy atom. The van der Waals surface area contributed by atoms with Crippen LogP contribution in [0.5, 0.6) is 0 Å². The summed E-state index contributed by atoms with van der Waals surface area (Å²) in [6.07, 6.45) is 0. The molecule has 12 aromatic rings. The van der Waals surface area contributed by atoms with Gasteiger partial charge in [0.15, 0.2) is 0 Å². The van der Waals surface area contributed by atoms with Crippen molar-refractivity contribution in [3.05, 3.63) is 243 Å². The Hall–Kier alpha value is -8.40. The molecule has 296 valence electrons. The summed E-state index contributed by atoms with van der Waals surface area (Å²) in [5.41, 5.74) is 17.6. The summed E-state index contributed by atoms with van der Waals surface area (Å²) in [4.78, 5) is 2.43. The van der Waals surface area contributed by atoms with E-state index < -0.39 is 0 Å². The molecule has 2 heterocycles. The van der Waals surface area contributed by atoms with Crippen LogP contribution in [-0.2, 0) is 0 Å². The van der Waals surface area contributed by atoms with Gasteiger partial charge in [0.25, 0.3) is 0 Å². The van der Waals surface area contributed by atoms with Gasteiger partial charge in [-0.2, -0.15) is 0 Å². The molecule has 63 heavy (non-hydrogen) atoms. The third kappa shape index (κ3) is 6.21. The highest BCUT2D eigenvalue weighted by molar-refractivity contribution is 6.12. The molecule has 0 fully saturated rings. The summed E-state index contributed by atoms with van der Waals surface area (Å²) in [6, 6.07) is 87.2. The van der Waals surface area contributed by atoms with Crippen molar-refractivity contribution in [2.24, 2.45) is 0 Å². The van der Waals surface area contributed by atoms with Crippen LogP contribution in [0.2, 0.25) is 0 Å². The molecule has 0 N–H and O–H groups in total. The van der Waals surface area contributed by atoms with Gasteiger partial charge in [0.2, 0.25) is 0 Å². The van der Waals surface area contributed by atoms with Crippen molar-refractivity contribution >= 4 is 60.8 Å². The zero-order valence-electron chi connectivity index (χ0n) is 34.4. The first-order chi connectivity index (χ1) is 31.3. The van der Waals surface area contributed by atoms with E-state index in [2.05, 4.69) is 246 Å². The van der Waals surface area contributed by atoms with E-state index in [4.69, 9.17) is 4.42 Å². The van der Waals surface area contributed by atoms with Crippen molar-refractivity contribution in [1.82, 2.24) is 4.57 Å². The van der Waals surface area contributed by atoms with Gasteiger partial charge in [-0.25, -0.2) is 0 Å². The molecule has 3 nitrogen and oxygen atoms in total. The lowest BCUT2D eigenvalue weighted by Crippen LogP contribution is -2.11. The average molecular weight is 805 g/mol. The van der Waals surface area contributed by atoms with Gasteiger partial charge in [-0.15, -0.1) is 0 Å². The van der Waals surface area contributed by atoms with E-state index in [1.807, 2.05) is 6.07 Å². The van der Waals surface area contributed by atoms with Gasteiger partial charge in [0, 0.05) is 49.7 Å². The Kier molecular flexibility index (Phi) is 8.83. The number of anilines is 3. The first kappa shape index (κ1) is 36.5. The quantitative estimate of drug-likeness (QED) is 0.153. The fourth-order valence-corrected chi connectivity index (χ4v) is 9.60. The summed E-state index contributed by atoms with van der Waals surface area (Å²) in [5, 5.41) is 4.67. The van der Waals surface area contributed by atoms with Crippen molar-refractivity contribution in [3.63, 3.8) is 0 Å². The minimum absolute atomic E-state index is 0.890. The van der Waals surface area contributed by atoms with Gasteiger partial charge in [-0.1, -0.05) is 188 Å². The second-order valence-corrected chi connectivity index (χ2v) is 16.0. The standard InChI is InChI=1S/C60H40N2O/c1-3-19-41(20-4-1)46-25-7-8-26-48(46)49-27-9-10-28-50(49)51-29-11-14-34-56(51)61(44-24-17-21-42(39-44)47-32-18-33-55-54-31-13-16-36-59(54)63-60(47)55)45-37-38-53-52-30-12-15-35-57(52)62(58(53)40-45)43-22-5-2-6-23-43/h1-40H. The second kappa shape index (κ2) is 15.3. The normalized spacial score (nSPS) is 11.5. The lowest BCUT2D eigenvalue weighted by molar-refractivity contribution is 0.670. The van der Waals surface area contributed by atoms with E-state index in [-0.39, 0.29) is 0 Å². The van der Waals surface area contributed by atoms with E-state index >= 15 is 0 Å². The monoisotopic (exact) mass is 804 g/mol. The number of aromatic nitrogens is 1. The fourth-order valence-electron chi connectivity index (χ4n) is 9.60. The fraction of sp³-hybridized carbons (Fsp3) is 0. The van der Waals surface area contributed by atoms with Crippen LogP contribution in [0.3, 0.4) is 0 Å². The summed E-state index contributed by atoms with van der Waals surface area (Å²) >= 11 is 0. The highest BCUT2D eigenvalue weighted by Crippen LogP contribution is 2.47. The topological polar surface area (TPSA) is 21.3 Å². The summed E-state index contributed by atoms with van der Waals surface area (Å²) < 4.78 is 8.99. The molecule has 10 aromatic carbocycles.